The van der Waals surface area contributed by atoms with Gasteiger partial charge in [-0.15, -0.1) is 0 Å². The molecular formula is C11H14BrN5O. The van der Waals surface area contributed by atoms with Gasteiger partial charge in [0.05, 0.1) is 0 Å². The molecule has 1 saturated heterocycles. The smallest absolute Gasteiger partial charge is 0.349 e. The van der Waals surface area contributed by atoms with Crippen molar-refractivity contribution in [2.45, 2.75) is 24.6 Å². The molecule has 18 heavy (non-hydrogen) atoms. The standard InChI is InChI=1S/C11H14BrN5O/c1-7-13-9(16-4-2-8(12)3-5-16)6-10-14-15-11(18)17(7)10/h6,8H,2-5H2,1H3,(H,15,18). The van der Waals surface area contributed by atoms with Crippen molar-refractivity contribution in [3.63, 3.8) is 0 Å². The third-order valence-corrected chi connectivity index (χ3v) is 4.22. The Bertz CT molecular complexity index is 626. The highest BCUT2D eigenvalue weighted by Crippen LogP contribution is 2.22. The predicted octanol–water partition coefficient (Wildman–Crippen LogP) is 1.09. The van der Waals surface area contributed by atoms with Gasteiger partial charge in [-0.3, -0.25) is 0 Å². The Morgan fingerprint density at radius 2 is 2.17 bits per heavy atom. The van der Waals surface area contributed by atoms with Gasteiger partial charge in [-0.25, -0.2) is 19.3 Å². The zero-order valence-corrected chi connectivity index (χ0v) is 11.6. The number of nitrogens with zero attached hydrogens (tertiary/aromatic N) is 4. The highest BCUT2D eigenvalue weighted by molar-refractivity contribution is 9.09. The Morgan fingerprint density at radius 1 is 1.44 bits per heavy atom. The lowest BCUT2D eigenvalue weighted by Gasteiger charge is -2.30. The Kier molecular flexibility index (Phi) is 2.85. The normalized spacial score (nSPS) is 17.6. The maximum atomic E-state index is 11.5. The van der Waals surface area contributed by atoms with E-state index < -0.39 is 0 Å². The molecule has 96 valence electrons. The van der Waals surface area contributed by atoms with Gasteiger partial charge in [0.1, 0.15) is 11.6 Å². The summed E-state index contributed by atoms with van der Waals surface area (Å²) in [5.41, 5.74) is 0.393. The molecule has 6 nitrogen and oxygen atoms in total. The minimum atomic E-state index is -0.235. The molecule has 3 rings (SSSR count). The van der Waals surface area contributed by atoms with E-state index in [1.165, 1.54) is 4.40 Å². The highest BCUT2D eigenvalue weighted by atomic mass is 79.9. The first-order chi connectivity index (χ1) is 8.65. The van der Waals surface area contributed by atoms with E-state index in [0.29, 0.717) is 16.3 Å². The van der Waals surface area contributed by atoms with Gasteiger partial charge in [-0.2, -0.15) is 5.10 Å². The third kappa shape index (κ3) is 1.92. The summed E-state index contributed by atoms with van der Waals surface area (Å²) in [6, 6.07) is 1.86. The molecule has 1 N–H and O–H groups in total. The average Bonchev–Trinajstić information content (AvgIpc) is 2.72. The van der Waals surface area contributed by atoms with Gasteiger partial charge in [-0.05, 0) is 19.8 Å². The molecule has 0 spiro atoms. The number of hydrogen-bond acceptors (Lipinski definition) is 4. The third-order valence-electron chi connectivity index (χ3n) is 3.30. The SMILES string of the molecule is Cc1nc(N2CCC(Br)CC2)cc2n[nH]c(=O)n12. The van der Waals surface area contributed by atoms with Crippen LogP contribution < -0.4 is 10.6 Å². The fourth-order valence-electron chi connectivity index (χ4n) is 2.32. The van der Waals surface area contributed by atoms with Crippen molar-refractivity contribution >= 4 is 27.4 Å². The van der Waals surface area contributed by atoms with Crippen molar-refractivity contribution in [1.82, 2.24) is 19.6 Å². The van der Waals surface area contributed by atoms with Crippen LogP contribution >= 0.6 is 15.9 Å². The number of rotatable bonds is 1. The summed E-state index contributed by atoms with van der Waals surface area (Å²) >= 11 is 3.64. The number of nitrogens with one attached hydrogen (secondary N) is 1. The van der Waals surface area contributed by atoms with Gasteiger partial charge in [0.2, 0.25) is 0 Å². The molecule has 0 aliphatic carbocycles. The Balaban J connectivity index is 2.00. The second kappa shape index (κ2) is 4.38. The van der Waals surface area contributed by atoms with E-state index in [-0.39, 0.29) is 5.69 Å². The fourth-order valence-corrected chi connectivity index (χ4v) is 2.73. The summed E-state index contributed by atoms with van der Waals surface area (Å²) in [7, 11) is 0. The van der Waals surface area contributed by atoms with Gasteiger partial charge in [0.15, 0.2) is 5.65 Å². The van der Waals surface area contributed by atoms with E-state index in [9.17, 15) is 4.79 Å². The molecule has 0 atom stereocenters. The molecule has 2 aromatic heterocycles. The number of alkyl halides is 1. The second-order valence-corrected chi connectivity index (χ2v) is 5.84. The van der Waals surface area contributed by atoms with Crippen LogP contribution in [0.2, 0.25) is 0 Å². The van der Waals surface area contributed by atoms with Crippen molar-refractivity contribution < 1.29 is 0 Å². The molecule has 0 saturated carbocycles. The first-order valence-electron chi connectivity index (χ1n) is 5.99. The summed E-state index contributed by atoms with van der Waals surface area (Å²) in [4.78, 5) is 18.9. The van der Waals surface area contributed by atoms with Gasteiger partial charge in [-0.1, -0.05) is 15.9 Å². The monoisotopic (exact) mass is 311 g/mol. The van der Waals surface area contributed by atoms with Gasteiger partial charge >= 0.3 is 5.69 Å². The highest BCUT2D eigenvalue weighted by Gasteiger charge is 2.19. The molecule has 1 aliphatic rings. The van der Waals surface area contributed by atoms with Crippen molar-refractivity contribution in [2.24, 2.45) is 0 Å². The Labute approximate surface area is 112 Å². The quantitative estimate of drug-likeness (QED) is 0.801. The molecule has 1 aliphatic heterocycles. The maximum absolute atomic E-state index is 11.5. The molecule has 1 fully saturated rings. The van der Waals surface area contributed by atoms with Crippen LogP contribution in [-0.2, 0) is 0 Å². The largest absolute Gasteiger partial charge is 0.356 e. The molecule has 2 aromatic rings. The molecule has 0 amide bonds. The van der Waals surface area contributed by atoms with Crippen molar-refractivity contribution in [3.05, 3.63) is 22.4 Å². The first kappa shape index (κ1) is 11.7. The van der Waals surface area contributed by atoms with E-state index in [1.807, 2.05) is 13.0 Å². The van der Waals surface area contributed by atoms with Crippen LogP contribution in [0.3, 0.4) is 0 Å². The van der Waals surface area contributed by atoms with E-state index in [1.54, 1.807) is 0 Å². The minimum Gasteiger partial charge on any atom is -0.356 e. The van der Waals surface area contributed by atoms with Gasteiger partial charge in [0.25, 0.3) is 0 Å². The molecule has 0 unspecified atom stereocenters. The fraction of sp³-hybridized carbons (Fsp3) is 0.545. The zero-order chi connectivity index (χ0) is 12.7. The predicted molar refractivity (Wildman–Crippen MR) is 72.5 cm³/mol. The summed E-state index contributed by atoms with van der Waals surface area (Å²) in [5.74, 6) is 1.57. The van der Waals surface area contributed by atoms with Crippen LogP contribution in [0, 0.1) is 6.92 Å². The summed E-state index contributed by atoms with van der Waals surface area (Å²) < 4.78 is 1.49. The van der Waals surface area contributed by atoms with E-state index >= 15 is 0 Å². The number of aromatic nitrogens is 4. The summed E-state index contributed by atoms with van der Waals surface area (Å²) in [6.07, 6.45) is 2.22. The van der Waals surface area contributed by atoms with Crippen LogP contribution in [0.1, 0.15) is 18.7 Å². The topological polar surface area (TPSA) is 66.3 Å². The number of H-pyrrole nitrogens is 1. The molecular weight excluding hydrogens is 298 g/mol. The van der Waals surface area contributed by atoms with Crippen LogP contribution in [-0.4, -0.2) is 37.5 Å². The second-order valence-electron chi connectivity index (χ2n) is 4.55. The summed E-state index contributed by atoms with van der Waals surface area (Å²) in [6.45, 7) is 3.78. The first-order valence-corrected chi connectivity index (χ1v) is 6.90. The Hall–Kier alpha value is -1.37. The zero-order valence-electron chi connectivity index (χ0n) is 10.1. The van der Waals surface area contributed by atoms with Crippen LogP contribution in [0.15, 0.2) is 10.9 Å². The number of aryl methyl sites for hydroxylation is 1. The number of halogens is 1. The number of piperidine rings is 1. The Morgan fingerprint density at radius 3 is 2.89 bits per heavy atom. The van der Waals surface area contributed by atoms with Crippen molar-refractivity contribution in [3.8, 4) is 0 Å². The van der Waals surface area contributed by atoms with Crippen LogP contribution in [0.25, 0.3) is 5.65 Å². The van der Waals surface area contributed by atoms with Crippen molar-refractivity contribution in [1.29, 1.82) is 0 Å². The number of fused-ring (bicyclic) bond motifs is 1. The van der Waals surface area contributed by atoms with Crippen LogP contribution in [0.4, 0.5) is 5.82 Å². The molecule has 0 bridgehead atoms. The van der Waals surface area contributed by atoms with Crippen molar-refractivity contribution in [2.75, 3.05) is 18.0 Å². The minimum absolute atomic E-state index is 0.235. The average molecular weight is 312 g/mol. The van der Waals surface area contributed by atoms with E-state index in [0.717, 1.165) is 31.7 Å². The molecule has 7 heteroatoms. The van der Waals surface area contributed by atoms with E-state index in [2.05, 4.69) is 36.0 Å². The molecule has 0 aromatic carbocycles. The lowest BCUT2D eigenvalue weighted by molar-refractivity contribution is 0.591. The van der Waals surface area contributed by atoms with Gasteiger partial charge in [0, 0.05) is 24.0 Å². The lowest BCUT2D eigenvalue weighted by Crippen LogP contribution is -2.34. The number of hydrogen-bond donors (Lipinski definition) is 1. The molecule has 0 radical (unpaired) electrons. The summed E-state index contributed by atoms with van der Waals surface area (Å²) in [5, 5.41) is 6.45. The maximum Gasteiger partial charge on any atom is 0.349 e. The lowest BCUT2D eigenvalue weighted by atomic mass is 10.1. The van der Waals surface area contributed by atoms with E-state index in [4.69, 9.17) is 0 Å². The van der Waals surface area contributed by atoms with Crippen LogP contribution in [0.5, 0.6) is 0 Å². The number of aromatic amines is 1. The number of anilines is 1. The van der Waals surface area contributed by atoms with Gasteiger partial charge < -0.3 is 4.90 Å². The molecule has 3 heterocycles.